The average molecular weight is 309 g/mol. The highest BCUT2D eigenvalue weighted by Gasteiger charge is 2.04. The maximum Gasteiger partial charge on any atom is 0.336 e. The molecule has 0 spiro atoms. The maximum atomic E-state index is 11.9. The number of carbonyl (C=O) groups is 1. The molecule has 0 N–H and O–H groups in total. The number of carbonyl (C=O) groups excluding carboxylic acids is 1. The summed E-state index contributed by atoms with van der Waals surface area (Å²) >= 11 is 0. The number of hydrogen-bond acceptors (Lipinski definition) is 5. The molecule has 0 unspecified atom stereocenters. The zero-order valence-electron chi connectivity index (χ0n) is 12.6. The van der Waals surface area contributed by atoms with Crippen LogP contribution in [-0.2, 0) is 4.79 Å². The van der Waals surface area contributed by atoms with Crippen molar-refractivity contribution >= 4 is 23.1 Å². The Morgan fingerprint density at radius 3 is 2.74 bits per heavy atom. The predicted octanol–water partition coefficient (Wildman–Crippen LogP) is 3.85. The first kappa shape index (κ1) is 14.8. The van der Waals surface area contributed by atoms with E-state index in [0.29, 0.717) is 23.5 Å². The summed E-state index contributed by atoms with van der Waals surface area (Å²) in [6, 6.07) is 12.5. The monoisotopic (exact) mass is 309 g/mol. The number of aromatic nitrogens is 1. The van der Waals surface area contributed by atoms with E-state index in [9.17, 15) is 4.79 Å². The van der Waals surface area contributed by atoms with Gasteiger partial charge in [0.05, 0.1) is 6.61 Å². The van der Waals surface area contributed by atoms with E-state index in [-0.39, 0.29) is 0 Å². The molecule has 23 heavy (non-hydrogen) atoms. The van der Waals surface area contributed by atoms with E-state index in [2.05, 4.69) is 4.98 Å². The van der Waals surface area contributed by atoms with Gasteiger partial charge in [-0.05, 0) is 42.8 Å². The summed E-state index contributed by atoms with van der Waals surface area (Å²) in [5.41, 5.74) is 2.18. The van der Waals surface area contributed by atoms with Crippen LogP contribution >= 0.6 is 0 Å². The van der Waals surface area contributed by atoms with Crippen LogP contribution in [-0.4, -0.2) is 17.6 Å². The lowest BCUT2D eigenvalue weighted by molar-refractivity contribution is -0.128. The van der Waals surface area contributed by atoms with Crippen molar-refractivity contribution in [3.05, 3.63) is 60.5 Å². The number of nitrogens with zero attached hydrogens (tertiary/aromatic N) is 1. The van der Waals surface area contributed by atoms with Crippen LogP contribution < -0.4 is 9.47 Å². The highest BCUT2D eigenvalue weighted by Crippen LogP contribution is 2.20. The molecule has 0 atom stereocenters. The van der Waals surface area contributed by atoms with Crippen LogP contribution in [0.25, 0.3) is 17.2 Å². The second kappa shape index (κ2) is 6.79. The molecular formula is C18H15NO4. The summed E-state index contributed by atoms with van der Waals surface area (Å²) in [4.78, 5) is 15.9. The Bertz CT molecular complexity index is 834. The van der Waals surface area contributed by atoms with Crippen LogP contribution in [0.3, 0.4) is 0 Å². The van der Waals surface area contributed by atoms with Gasteiger partial charge in [-0.25, -0.2) is 9.78 Å². The van der Waals surface area contributed by atoms with Crippen LogP contribution in [0, 0.1) is 0 Å². The van der Waals surface area contributed by atoms with Crippen molar-refractivity contribution in [3.8, 4) is 11.5 Å². The first-order chi connectivity index (χ1) is 11.2. The van der Waals surface area contributed by atoms with Crippen molar-refractivity contribution in [2.75, 3.05) is 6.61 Å². The first-order valence-electron chi connectivity index (χ1n) is 7.20. The molecule has 3 aromatic rings. The van der Waals surface area contributed by atoms with E-state index in [1.165, 1.54) is 12.5 Å². The number of esters is 1. The Balaban J connectivity index is 1.63. The molecular weight excluding hydrogens is 294 g/mol. The third-order valence-corrected chi connectivity index (χ3v) is 3.12. The van der Waals surface area contributed by atoms with E-state index in [4.69, 9.17) is 13.9 Å². The zero-order valence-corrected chi connectivity index (χ0v) is 12.6. The van der Waals surface area contributed by atoms with Crippen LogP contribution in [0.2, 0.25) is 0 Å². The summed E-state index contributed by atoms with van der Waals surface area (Å²) < 4.78 is 15.7. The van der Waals surface area contributed by atoms with Gasteiger partial charge in [0.25, 0.3) is 0 Å². The summed E-state index contributed by atoms with van der Waals surface area (Å²) in [7, 11) is 0. The van der Waals surface area contributed by atoms with Crippen LogP contribution in [0.5, 0.6) is 11.5 Å². The molecule has 116 valence electrons. The molecule has 1 aromatic heterocycles. The number of ether oxygens (including phenoxy) is 2. The van der Waals surface area contributed by atoms with Crippen molar-refractivity contribution < 1.29 is 18.7 Å². The highest BCUT2D eigenvalue weighted by molar-refractivity contribution is 5.89. The summed E-state index contributed by atoms with van der Waals surface area (Å²) in [5.74, 6) is 0.766. The van der Waals surface area contributed by atoms with Gasteiger partial charge in [0.1, 0.15) is 17.0 Å². The fraction of sp³-hybridized carbons (Fsp3) is 0.111. The van der Waals surface area contributed by atoms with Gasteiger partial charge in [0.2, 0.25) is 0 Å². The van der Waals surface area contributed by atoms with E-state index < -0.39 is 5.97 Å². The SMILES string of the molecule is CCOc1ccc(/C=C/C(=O)Oc2ccc3ocnc3c2)cc1. The standard InChI is InChI=1S/C18H15NO4/c1-2-21-14-6-3-13(4-7-14)5-10-18(20)23-15-8-9-17-16(11-15)19-12-22-17/h3-12H,2H2,1H3/b10-5+. The quantitative estimate of drug-likeness (QED) is 0.407. The largest absolute Gasteiger partial charge is 0.494 e. The van der Waals surface area contributed by atoms with Gasteiger partial charge >= 0.3 is 5.97 Å². The Morgan fingerprint density at radius 2 is 1.96 bits per heavy atom. The third kappa shape index (κ3) is 3.77. The molecule has 0 fully saturated rings. The number of rotatable bonds is 5. The molecule has 1 heterocycles. The average Bonchev–Trinajstić information content (AvgIpc) is 3.02. The van der Waals surface area contributed by atoms with Crippen molar-refractivity contribution in [1.82, 2.24) is 4.98 Å². The Hall–Kier alpha value is -3.08. The number of fused-ring (bicyclic) bond motifs is 1. The molecule has 0 amide bonds. The molecule has 0 saturated heterocycles. The van der Waals surface area contributed by atoms with Gasteiger partial charge < -0.3 is 13.9 Å². The third-order valence-electron chi connectivity index (χ3n) is 3.12. The van der Waals surface area contributed by atoms with E-state index in [1.807, 2.05) is 31.2 Å². The smallest absolute Gasteiger partial charge is 0.336 e. The van der Waals surface area contributed by atoms with Crippen molar-refractivity contribution in [1.29, 1.82) is 0 Å². The number of hydrogen-bond donors (Lipinski definition) is 0. The van der Waals surface area contributed by atoms with Gasteiger partial charge in [-0.3, -0.25) is 0 Å². The molecule has 0 aliphatic rings. The van der Waals surface area contributed by atoms with E-state index in [1.54, 1.807) is 24.3 Å². The first-order valence-corrected chi connectivity index (χ1v) is 7.20. The van der Waals surface area contributed by atoms with Gasteiger partial charge in [0, 0.05) is 12.1 Å². The minimum absolute atomic E-state index is 0.424. The molecule has 0 aliphatic carbocycles. The summed E-state index contributed by atoms with van der Waals surface area (Å²) in [6.45, 7) is 2.55. The van der Waals surface area contributed by atoms with Gasteiger partial charge in [-0.2, -0.15) is 0 Å². The van der Waals surface area contributed by atoms with E-state index >= 15 is 0 Å². The van der Waals surface area contributed by atoms with Crippen LogP contribution in [0.15, 0.2) is 59.4 Å². The minimum Gasteiger partial charge on any atom is -0.494 e. The van der Waals surface area contributed by atoms with Crippen LogP contribution in [0.4, 0.5) is 0 Å². The molecule has 0 radical (unpaired) electrons. The fourth-order valence-corrected chi connectivity index (χ4v) is 2.06. The summed E-state index contributed by atoms with van der Waals surface area (Å²) in [5, 5.41) is 0. The van der Waals surface area contributed by atoms with Crippen LogP contribution in [0.1, 0.15) is 12.5 Å². The van der Waals surface area contributed by atoms with Gasteiger partial charge in [-0.15, -0.1) is 0 Å². The minimum atomic E-state index is -0.457. The summed E-state index contributed by atoms with van der Waals surface area (Å²) in [6.07, 6.45) is 4.41. The number of oxazole rings is 1. The van der Waals surface area contributed by atoms with Gasteiger partial charge in [-0.1, -0.05) is 12.1 Å². The molecule has 3 rings (SSSR count). The lowest BCUT2D eigenvalue weighted by Gasteiger charge is -2.02. The predicted molar refractivity (Wildman–Crippen MR) is 86.3 cm³/mol. The molecule has 0 saturated carbocycles. The van der Waals surface area contributed by atoms with Gasteiger partial charge in [0.15, 0.2) is 12.0 Å². The Morgan fingerprint density at radius 1 is 1.17 bits per heavy atom. The maximum absolute atomic E-state index is 11.9. The van der Waals surface area contributed by atoms with E-state index in [0.717, 1.165) is 11.3 Å². The fourth-order valence-electron chi connectivity index (χ4n) is 2.06. The normalized spacial score (nSPS) is 11.0. The second-order valence-corrected chi connectivity index (χ2v) is 4.74. The molecule has 0 bridgehead atoms. The lowest BCUT2D eigenvalue weighted by Crippen LogP contribution is -2.03. The Labute approximate surface area is 133 Å². The second-order valence-electron chi connectivity index (χ2n) is 4.74. The molecule has 5 nitrogen and oxygen atoms in total. The molecule has 5 heteroatoms. The van der Waals surface area contributed by atoms with Crippen molar-refractivity contribution in [2.45, 2.75) is 6.92 Å². The zero-order chi connectivity index (χ0) is 16.1. The highest BCUT2D eigenvalue weighted by atomic mass is 16.5. The molecule has 0 aliphatic heterocycles. The lowest BCUT2D eigenvalue weighted by atomic mass is 10.2. The van der Waals surface area contributed by atoms with Crippen molar-refractivity contribution in [2.24, 2.45) is 0 Å². The van der Waals surface area contributed by atoms with Crippen molar-refractivity contribution in [3.63, 3.8) is 0 Å². The Kier molecular flexibility index (Phi) is 4.38. The molecule has 2 aromatic carbocycles. The number of benzene rings is 2. The topological polar surface area (TPSA) is 61.6 Å².